The van der Waals surface area contributed by atoms with Crippen LogP contribution in [0.5, 0.6) is 0 Å². The fraction of sp³-hybridized carbons (Fsp3) is 0.167. The second kappa shape index (κ2) is 8.13. The van der Waals surface area contributed by atoms with E-state index in [1.807, 2.05) is 91.9 Å². The van der Waals surface area contributed by atoms with Crippen molar-refractivity contribution in [1.82, 2.24) is 0 Å². The fourth-order valence-electron chi connectivity index (χ4n) is 3.65. The molecule has 3 aromatic rings. The molecule has 29 heavy (non-hydrogen) atoms. The number of hydrogen-bond donors (Lipinski definition) is 1. The number of hydrogen-bond acceptors (Lipinski definition) is 3. The van der Waals surface area contributed by atoms with Gasteiger partial charge in [0.25, 0.3) is 0 Å². The van der Waals surface area contributed by atoms with Crippen molar-refractivity contribution < 1.29 is 9.59 Å². The normalized spacial score (nSPS) is 18.7. The lowest BCUT2D eigenvalue weighted by Crippen LogP contribution is -2.44. The zero-order valence-corrected chi connectivity index (χ0v) is 17.0. The quantitative estimate of drug-likeness (QED) is 0.656. The molecule has 0 saturated carbocycles. The predicted molar refractivity (Wildman–Crippen MR) is 119 cm³/mol. The molecule has 5 heteroatoms. The minimum Gasteiger partial charge on any atom is -0.326 e. The van der Waals surface area contributed by atoms with Gasteiger partial charge >= 0.3 is 0 Å². The molecule has 1 fully saturated rings. The Kier molecular flexibility index (Phi) is 5.41. The zero-order valence-electron chi connectivity index (χ0n) is 16.2. The van der Waals surface area contributed by atoms with Crippen LogP contribution in [-0.4, -0.2) is 17.6 Å². The van der Waals surface area contributed by atoms with Crippen molar-refractivity contribution in [3.8, 4) is 0 Å². The Morgan fingerprint density at radius 2 is 1.59 bits per heavy atom. The lowest BCUT2D eigenvalue weighted by atomic mass is 9.99. The summed E-state index contributed by atoms with van der Waals surface area (Å²) < 4.78 is 0. The smallest absolute Gasteiger partial charge is 0.238 e. The molecule has 1 saturated heterocycles. The van der Waals surface area contributed by atoms with Gasteiger partial charge in [0.15, 0.2) is 0 Å². The molecule has 1 heterocycles. The molecule has 0 radical (unpaired) electrons. The van der Waals surface area contributed by atoms with Gasteiger partial charge in [0.1, 0.15) is 4.87 Å². The first-order valence-corrected chi connectivity index (χ1v) is 10.5. The highest BCUT2D eigenvalue weighted by atomic mass is 32.2. The Morgan fingerprint density at radius 1 is 0.966 bits per heavy atom. The maximum absolute atomic E-state index is 13.0. The van der Waals surface area contributed by atoms with E-state index in [2.05, 4.69) is 5.32 Å². The van der Waals surface area contributed by atoms with Gasteiger partial charge in [-0.3, -0.25) is 14.5 Å². The van der Waals surface area contributed by atoms with Crippen LogP contribution in [0.1, 0.15) is 17.5 Å². The monoisotopic (exact) mass is 402 g/mol. The summed E-state index contributed by atoms with van der Waals surface area (Å²) in [5.74, 6) is 0.219. The molecule has 0 aromatic heterocycles. The average molecular weight is 403 g/mol. The lowest BCUT2D eigenvalue weighted by Gasteiger charge is -2.37. The van der Waals surface area contributed by atoms with Crippen LogP contribution in [0.25, 0.3) is 0 Å². The van der Waals surface area contributed by atoms with Crippen molar-refractivity contribution in [2.45, 2.75) is 18.2 Å². The van der Waals surface area contributed by atoms with Crippen LogP contribution < -0.4 is 10.2 Å². The van der Waals surface area contributed by atoms with Crippen molar-refractivity contribution >= 4 is 35.0 Å². The first-order chi connectivity index (χ1) is 14.1. The molecular formula is C24H22N2O2S. The Labute approximate surface area is 174 Å². The Hall–Kier alpha value is -3.05. The van der Waals surface area contributed by atoms with Crippen LogP contribution in [0.2, 0.25) is 0 Å². The number of para-hydroxylation sites is 1. The highest BCUT2D eigenvalue weighted by molar-refractivity contribution is 8.01. The third-order valence-electron chi connectivity index (χ3n) is 5.02. The third kappa shape index (κ3) is 3.91. The Bertz CT molecular complexity index is 1010. The average Bonchev–Trinajstić information content (AvgIpc) is 3.07. The first kappa shape index (κ1) is 19.3. The number of nitrogens with zero attached hydrogens (tertiary/aromatic N) is 1. The Morgan fingerprint density at radius 3 is 2.24 bits per heavy atom. The van der Waals surface area contributed by atoms with Gasteiger partial charge in [-0.1, -0.05) is 66.2 Å². The van der Waals surface area contributed by atoms with E-state index >= 15 is 0 Å². The number of thioether (sulfide) groups is 1. The molecule has 4 nitrogen and oxygen atoms in total. The van der Waals surface area contributed by atoms with Crippen LogP contribution in [0.4, 0.5) is 11.4 Å². The molecular weight excluding hydrogens is 380 g/mol. The minimum absolute atomic E-state index is 0.00946. The molecule has 1 aliphatic rings. The number of amides is 2. The number of benzene rings is 3. The van der Waals surface area contributed by atoms with E-state index < -0.39 is 4.87 Å². The van der Waals surface area contributed by atoms with Crippen molar-refractivity contribution in [3.05, 3.63) is 96.1 Å². The van der Waals surface area contributed by atoms with Gasteiger partial charge in [0.05, 0.1) is 12.2 Å². The number of anilines is 2. The van der Waals surface area contributed by atoms with E-state index in [0.717, 1.165) is 22.5 Å². The molecule has 1 N–H and O–H groups in total. The van der Waals surface area contributed by atoms with Crippen molar-refractivity contribution in [1.29, 1.82) is 0 Å². The van der Waals surface area contributed by atoms with Crippen molar-refractivity contribution in [3.63, 3.8) is 0 Å². The van der Waals surface area contributed by atoms with Gasteiger partial charge < -0.3 is 5.32 Å². The summed E-state index contributed by atoms with van der Waals surface area (Å²) in [6.45, 7) is 2.02. The van der Waals surface area contributed by atoms with E-state index in [-0.39, 0.29) is 18.2 Å². The number of aryl methyl sites for hydroxylation is 1. The Balaban J connectivity index is 1.73. The van der Waals surface area contributed by atoms with Crippen molar-refractivity contribution in [2.24, 2.45) is 0 Å². The summed E-state index contributed by atoms with van der Waals surface area (Å²) in [4.78, 5) is 27.0. The topological polar surface area (TPSA) is 49.4 Å². The zero-order chi connectivity index (χ0) is 20.3. The summed E-state index contributed by atoms with van der Waals surface area (Å²) in [7, 11) is 0. The van der Waals surface area contributed by atoms with Crippen LogP contribution in [0.3, 0.4) is 0 Å². The van der Waals surface area contributed by atoms with Crippen LogP contribution in [0, 0.1) is 6.92 Å². The van der Waals surface area contributed by atoms with Gasteiger partial charge in [-0.15, -0.1) is 11.8 Å². The molecule has 2 amide bonds. The van der Waals surface area contributed by atoms with Gasteiger partial charge in [0, 0.05) is 11.4 Å². The van der Waals surface area contributed by atoms with E-state index in [0.29, 0.717) is 5.75 Å². The highest BCUT2D eigenvalue weighted by Crippen LogP contribution is 2.50. The maximum Gasteiger partial charge on any atom is 0.238 e. The van der Waals surface area contributed by atoms with Crippen LogP contribution in [0.15, 0.2) is 84.9 Å². The first-order valence-electron chi connectivity index (χ1n) is 9.53. The number of rotatable bonds is 5. The van der Waals surface area contributed by atoms with Gasteiger partial charge in [-0.05, 0) is 36.8 Å². The molecule has 4 rings (SSSR count). The lowest BCUT2D eigenvalue weighted by molar-refractivity contribution is -0.117. The molecule has 1 aliphatic heterocycles. The molecule has 1 atom stereocenters. The summed E-state index contributed by atoms with van der Waals surface area (Å²) in [6, 6.07) is 27.1. The summed E-state index contributed by atoms with van der Waals surface area (Å²) in [6.07, 6.45) is 0.163. The third-order valence-corrected chi connectivity index (χ3v) is 6.45. The van der Waals surface area contributed by atoms with E-state index in [9.17, 15) is 9.59 Å². The molecule has 0 aliphatic carbocycles. The second-order valence-corrected chi connectivity index (χ2v) is 8.35. The van der Waals surface area contributed by atoms with E-state index in [1.165, 1.54) is 11.8 Å². The second-order valence-electron chi connectivity index (χ2n) is 7.09. The van der Waals surface area contributed by atoms with Crippen molar-refractivity contribution in [2.75, 3.05) is 16.0 Å². The number of nitrogens with one attached hydrogen (secondary N) is 1. The fourth-order valence-corrected chi connectivity index (χ4v) is 5.01. The number of carbonyl (C=O) groups excluding carboxylic acids is 2. The highest BCUT2D eigenvalue weighted by Gasteiger charge is 2.49. The summed E-state index contributed by atoms with van der Waals surface area (Å²) in [5, 5.41) is 2.97. The SMILES string of the molecule is Cc1ccc(N2C(=O)CS[C@]2(CC(=O)Nc2ccccc2)c2ccccc2)cc1. The largest absolute Gasteiger partial charge is 0.326 e. The minimum atomic E-state index is -0.785. The predicted octanol–water partition coefficient (Wildman–Crippen LogP) is 4.96. The molecule has 3 aromatic carbocycles. The summed E-state index contributed by atoms with van der Waals surface area (Å²) in [5.41, 5.74) is 3.62. The molecule has 0 unspecified atom stereocenters. The van der Waals surface area contributed by atoms with Gasteiger partial charge in [-0.25, -0.2) is 0 Å². The molecule has 0 bridgehead atoms. The molecule has 146 valence electrons. The van der Waals surface area contributed by atoms with Gasteiger partial charge in [0.2, 0.25) is 11.8 Å². The summed E-state index contributed by atoms with van der Waals surface area (Å²) >= 11 is 1.51. The van der Waals surface area contributed by atoms with E-state index in [4.69, 9.17) is 0 Å². The number of carbonyl (C=O) groups is 2. The standard InChI is InChI=1S/C24H22N2O2S/c1-18-12-14-21(15-13-18)26-23(28)17-29-24(26,19-8-4-2-5-9-19)16-22(27)25-20-10-6-3-7-11-20/h2-15H,16-17H2,1H3,(H,25,27)/t24-/m1/s1. The van der Waals surface area contributed by atoms with Crippen LogP contribution in [-0.2, 0) is 14.5 Å². The van der Waals surface area contributed by atoms with E-state index in [1.54, 1.807) is 4.90 Å². The van der Waals surface area contributed by atoms with Crippen LogP contribution >= 0.6 is 11.8 Å². The molecule has 0 spiro atoms. The van der Waals surface area contributed by atoms with Gasteiger partial charge in [-0.2, -0.15) is 0 Å². The maximum atomic E-state index is 13.0.